The topological polar surface area (TPSA) is 45.0 Å². The summed E-state index contributed by atoms with van der Waals surface area (Å²) in [4.78, 5) is 9.24. The number of likely N-dealkylation sites (tertiary alicyclic amines) is 1. The maximum atomic E-state index is 5.32. The molecule has 6 nitrogen and oxygen atoms in total. The SMILES string of the molecule is CN=C(NCC(c1ccc(OC)cc1)N1CCCC1)N(C)Cc1cccn1C.I. The molecule has 1 fully saturated rings. The molecule has 1 unspecified atom stereocenters. The number of halogens is 1. The summed E-state index contributed by atoms with van der Waals surface area (Å²) in [6.45, 7) is 3.95. The highest BCUT2D eigenvalue weighted by Gasteiger charge is 2.24. The van der Waals surface area contributed by atoms with Crippen LogP contribution < -0.4 is 10.1 Å². The van der Waals surface area contributed by atoms with Gasteiger partial charge >= 0.3 is 0 Å². The fraction of sp³-hybridized carbons (Fsp3) is 0.500. The number of nitrogens with one attached hydrogen (secondary N) is 1. The zero-order valence-electron chi connectivity index (χ0n) is 18.0. The van der Waals surface area contributed by atoms with Gasteiger partial charge in [-0.3, -0.25) is 9.89 Å². The van der Waals surface area contributed by atoms with Crippen molar-refractivity contribution in [2.45, 2.75) is 25.4 Å². The number of ether oxygens (including phenoxy) is 1. The lowest BCUT2D eigenvalue weighted by atomic mass is 10.1. The number of aryl methyl sites for hydroxylation is 1. The van der Waals surface area contributed by atoms with Gasteiger partial charge in [0, 0.05) is 39.6 Å². The van der Waals surface area contributed by atoms with Crippen LogP contribution in [-0.4, -0.2) is 61.2 Å². The summed E-state index contributed by atoms with van der Waals surface area (Å²) in [5.41, 5.74) is 2.58. The van der Waals surface area contributed by atoms with Gasteiger partial charge in [-0.1, -0.05) is 12.1 Å². The van der Waals surface area contributed by atoms with E-state index in [-0.39, 0.29) is 24.0 Å². The van der Waals surface area contributed by atoms with Gasteiger partial charge in [0.25, 0.3) is 0 Å². The van der Waals surface area contributed by atoms with Gasteiger partial charge in [-0.2, -0.15) is 0 Å². The molecule has 1 saturated heterocycles. The Morgan fingerprint density at radius 2 is 1.90 bits per heavy atom. The Morgan fingerprint density at radius 3 is 2.45 bits per heavy atom. The maximum Gasteiger partial charge on any atom is 0.193 e. The van der Waals surface area contributed by atoms with Gasteiger partial charge < -0.3 is 19.5 Å². The summed E-state index contributed by atoms with van der Waals surface area (Å²) < 4.78 is 7.47. The highest BCUT2D eigenvalue weighted by atomic mass is 127. The van der Waals surface area contributed by atoms with Crippen LogP contribution in [0.4, 0.5) is 0 Å². The zero-order chi connectivity index (χ0) is 19.9. The number of benzene rings is 1. The minimum atomic E-state index is 0. The summed E-state index contributed by atoms with van der Waals surface area (Å²) >= 11 is 0. The smallest absolute Gasteiger partial charge is 0.193 e. The Hall–Kier alpha value is -1.74. The van der Waals surface area contributed by atoms with Crippen LogP contribution in [-0.2, 0) is 13.6 Å². The summed E-state index contributed by atoms with van der Waals surface area (Å²) in [7, 11) is 7.72. The first-order valence-electron chi connectivity index (χ1n) is 10.0. The third-order valence-corrected chi connectivity index (χ3v) is 5.56. The third-order valence-electron chi connectivity index (χ3n) is 5.56. The molecule has 160 valence electrons. The van der Waals surface area contributed by atoms with Crippen molar-refractivity contribution in [3.8, 4) is 5.75 Å². The van der Waals surface area contributed by atoms with Crippen molar-refractivity contribution >= 4 is 29.9 Å². The Bertz CT molecular complexity index is 768. The first-order chi connectivity index (χ1) is 13.6. The number of rotatable bonds is 7. The first kappa shape index (κ1) is 23.5. The van der Waals surface area contributed by atoms with E-state index in [1.54, 1.807) is 7.11 Å². The van der Waals surface area contributed by atoms with Gasteiger partial charge in [0.2, 0.25) is 0 Å². The van der Waals surface area contributed by atoms with Gasteiger partial charge in [-0.25, -0.2) is 0 Å². The maximum absolute atomic E-state index is 5.32. The van der Waals surface area contributed by atoms with E-state index < -0.39 is 0 Å². The van der Waals surface area contributed by atoms with E-state index in [4.69, 9.17) is 4.74 Å². The van der Waals surface area contributed by atoms with Crippen LogP contribution in [0.3, 0.4) is 0 Å². The van der Waals surface area contributed by atoms with Crippen LogP contribution in [0.5, 0.6) is 5.75 Å². The second-order valence-electron chi connectivity index (χ2n) is 7.43. The molecule has 0 bridgehead atoms. The van der Waals surface area contributed by atoms with Crippen LogP contribution in [0.15, 0.2) is 47.6 Å². The molecule has 1 atom stereocenters. The summed E-state index contributed by atoms with van der Waals surface area (Å²) in [6.07, 6.45) is 4.62. The molecule has 0 amide bonds. The molecule has 7 heteroatoms. The van der Waals surface area contributed by atoms with Gasteiger partial charge in [-0.05, 0) is 55.8 Å². The second kappa shape index (κ2) is 11.4. The fourth-order valence-corrected chi connectivity index (χ4v) is 3.89. The van der Waals surface area contributed by atoms with E-state index in [0.717, 1.165) is 37.9 Å². The lowest BCUT2D eigenvalue weighted by molar-refractivity contribution is 0.243. The van der Waals surface area contributed by atoms with E-state index in [1.165, 1.54) is 24.1 Å². The highest BCUT2D eigenvalue weighted by molar-refractivity contribution is 14.0. The predicted octanol–water partition coefficient (Wildman–Crippen LogP) is 3.50. The molecule has 0 radical (unpaired) electrons. The van der Waals surface area contributed by atoms with Gasteiger partial charge in [0.1, 0.15) is 5.75 Å². The number of aliphatic imine (C=N–C) groups is 1. The lowest BCUT2D eigenvalue weighted by Gasteiger charge is -2.30. The molecule has 1 N–H and O–H groups in total. The van der Waals surface area contributed by atoms with Crippen LogP contribution in [0, 0.1) is 0 Å². The molecule has 3 rings (SSSR count). The highest BCUT2D eigenvalue weighted by Crippen LogP contribution is 2.26. The molecule has 0 spiro atoms. The largest absolute Gasteiger partial charge is 0.497 e. The number of guanidine groups is 1. The Labute approximate surface area is 192 Å². The van der Waals surface area contributed by atoms with Crippen LogP contribution >= 0.6 is 24.0 Å². The van der Waals surface area contributed by atoms with Crippen molar-refractivity contribution in [2.75, 3.05) is 40.8 Å². The molecule has 2 aromatic rings. The van der Waals surface area contributed by atoms with Crippen LogP contribution in [0.2, 0.25) is 0 Å². The van der Waals surface area contributed by atoms with E-state index in [9.17, 15) is 0 Å². The summed E-state index contributed by atoms with van der Waals surface area (Å²) in [6, 6.07) is 13.0. The summed E-state index contributed by atoms with van der Waals surface area (Å²) in [5.74, 6) is 1.81. The van der Waals surface area contributed by atoms with Crippen molar-refractivity contribution in [2.24, 2.45) is 12.0 Å². The van der Waals surface area contributed by atoms with Gasteiger partial charge in [-0.15, -0.1) is 24.0 Å². The quantitative estimate of drug-likeness (QED) is 0.351. The molecular formula is C22H34IN5O. The summed E-state index contributed by atoms with van der Waals surface area (Å²) in [5, 5.41) is 3.60. The molecule has 0 saturated carbocycles. The van der Waals surface area contributed by atoms with Gasteiger partial charge in [0.05, 0.1) is 19.7 Å². The van der Waals surface area contributed by atoms with Crippen LogP contribution in [0.25, 0.3) is 0 Å². The van der Waals surface area contributed by atoms with Crippen molar-refractivity contribution < 1.29 is 4.74 Å². The average molecular weight is 511 g/mol. The Balaban J connectivity index is 0.00000300. The fourth-order valence-electron chi connectivity index (χ4n) is 3.89. The number of aromatic nitrogens is 1. The molecule has 29 heavy (non-hydrogen) atoms. The Morgan fingerprint density at radius 1 is 1.21 bits per heavy atom. The minimum absolute atomic E-state index is 0. The first-order valence-corrected chi connectivity index (χ1v) is 10.0. The van der Waals surface area contributed by atoms with Crippen LogP contribution in [0.1, 0.15) is 30.1 Å². The monoisotopic (exact) mass is 511 g/mol. The minimum Gasteiger partial charge on any atom is -0.497 e. The lowest BCUT2D eigenvalue weighted by Crippen LogP contribution is -2.43. The molecular weight excluding hydrogens is 477 g/mol. The third kappa shape index (κ3) is 6.12. The zero-order valence-corrected chi connectivity index (χ0v) is 20.3. The average Bonchev–Trinajstić information content (AvgIpc) is 3.38. The normalized spacial score (nSPS) is 15.7. The standard InChI is InChI=1S/C22H33N5O.HI/c1-23-22(26(3)17-19-8-7-13-25(19)2)24-16-21(27-14-5-6-15-27)18-9-11-20(28-4)12-10-18;/h7-13,21H,5-6,14-17H2,1-4H3,(H,23,24);1H. The van der Waals surface area contributed by atoms with E-state index >= 15 is 0 Å². The number of nitrogens with zero attached hydrogens (tertiary/aromatic N) is 4. The van der Waals surface area contributed by atoms with Crippen molar-refractivity contribution in [3.63, 3.8) is 0 Å². The molecule has 0 aliphatic carbocycles. The molecule has 1 aliphatic heterocycles. The van der Waals surface area contributed by atoms with E-state index in [1.807, 2.05) is 7.05 Å². The molecule has 1 aliphatic rings. The van der Waals surface area contributed by atoms with E-state index in [0.29, 0.717) is 6.04 Å². The number of hydrogen-bond acceptors (Lipinski definition) is 3. The van der Waals surface area contributed by atoms with Gasteiger partial charge in [0.15, 0.2) is 5.96 Å². The van der Waals surface area contributed by atoms with Crippen molar-refractivity contribution in [3.05, 3.63) is 53.9 Å². The molecule has 2 heterocycles. The Kier molecular flexibility index (Phi) is 9.29. The number of methoxy groups -OCH3 is 1. The number of hydrogen-bond donors (Lipinski definition) is 1. The van der Waals surface area contributed by atoms with Crippen molar-refractivity contribution in [1.82, 2.24) is 19.7 Å². The van der Waals surface area contributed by atoms with E-state index in [2.05, 4.69) is 81.4 Å². The second-order valence-corrected chi connectivity index (χ2v) is 7.43. The molecule has 1 aromatic heterocycles. The molecule has 1 aromatic carbocycles. The van der Waals surface area contributed by atoms with Crippen molar-refractivity contribution in [1.29, 1.82) is 0 Å². The predicted molar refractivity (Wildman–Crippen MR) is 130 cm³/mol.